The number of nitriles is 1. The zero-order chi connectivity index (χ0) is 29.8. The van der Waals surface area contributed by atoms with Crippen molar-refractivity contribution in [2.45, 2.75) is 72.1 Å². The summed E-state index contributed by atoms with van der Waals surface area (Å²) in [4.78, 5) is 40.9. The van der Waals surface area contributed by atoms with E-state index >= 15 is 0 Å². The van der Waals surface area contributed by atoms with E-state index in [1.54, 1.807) is 6.07 Å². The van der Waals surface area contributed by atoms with Gasteiger partial charge in [0.25, 0.3) is 0 Å². The number of nitrogens with one attached hydrogen (secondary N) is 2. The summed E-state index contributed by atoms with van der Waals surface area (Å²) in [5.74, 6) is -3.53. The van der Waals surface area contributed by atoms with E-state index in [4.69, 9.17) is 0 Å². The minimum atomic E-state index is -5.13. The van der Waals surface area contributed by atoms with Crippen molar-refractivity contribution in [2.24, 2.45) is 5.92 Å². The Morgan fingerprint density at radius 1 is 1.15 bits per heavy atom. The Morgan fingerprint density at radius 2 is 1.77 bits per heavy atom. The van der Waals surface area contributed by atoms with Crippen molar-refractivity contribution in [1.82, 2.24) is 20.5 Å². The van der Waals surface area contributed by atoms with Crippen molar-refractivity contribution < 1.29 is 31.9 Å². The third-order valence-corrected chi connectivity index (χ3v) is 5.04. The number of hydrogen-bond donors (Lipinski definition) is 2. The van der Waals surface area contributed by atoms with Gasteiger partial charge in [0.05, 0.1) is 12.6 Å². The first-order chi connectivity index (χ1) is 18.3. The molecule has 39 heavy (non-hydrogen) atoms. The molecule has 0 radical (unpaired) electrons. The molecule has 12 heteroatoms. The fourth-order valence-corrected chi connectivity index (χ4v) is 3.53. The van der Waals surface area contributed by atoms with Gasteiger partial charge in [-0.2, -0.15) is 18.4 Å². The van der Waals surface area contributed by atoms with Crippen LogP contribution in [-0.2, 0) is 14.4 Å². The third-order valence-electron chi connectivity index (χ3n) is 5.04. The number of carbonyl (C=O) groups excluding carboxylic acids is 3. The molecule has 2 unspecified atom stereocenters. The molecule has 3 amide bonds. The van der Waals surface area contributed by atoms with Gasteiger partial charge in [-0.15, -0.1) is 0 Å². The van der Waals surface area contributed by atoms with Crippen LogP contribution in [0.1, 0.15) is 65.5 Å². The van der Waals surface area contributed by atoms with Crippen molar-refractivity contribution in [2.75, 3.05) is 13.1 Å². The molecule has 2 N–H and O–H groups in total. The van der Waals surface area contributed by atoms with Crippen molar-refractivity contribution >= 4 is 28.5 Å². The zero-order valence-electron chi connectivity index (χ0n) is 22.7. The number of likely N-dealkylation sites (tertiary alicyclic amines) is 1. The number of benzene rings is 1. The SMILES string of the molecule is CC(C)C.CCC.N#CC(NC(=O)C1CCCN1C(=O)CNC(=O)C(F)(F)F)c1cncc2c(F)cccc12. The van der Waals surface area contributed by atoms with Crippen molar-refractivity contribution in [3.63, 3.8) is 0 Å². The lowest BCUT2D eigenvalue weighted by molar-refractivity contribution is -0.174. The number of hydrogen-bond acceptors (Lipinski definition) is 5. The third kappa shape index (κ3) is 10.1. The molecule has 8 nitrogen and oxygen atoms in total. The summed E-state index contributed by atoms with van der Waals surface area (Å²) in [5, 5.41) is 14.1. The van der Waals surface area contributed by atoms with Crippen molar-refractivity contribution in [1.29, 1.82) is 5.26 Å². The normalized spacial score (nSPS) is 15.3. The van der Waals surface area contributed by atoms with E-state index in [1.165, 1.54) is 36.3 Å². The number of rotatable bonds is 5. The Morgan fingerprint density at radius 3 is 2.33 bits per heavy atom. The van der Waals surface area contributed by atoms with E-state index in [-0.39, 0.29) is 23.9 Å². The molecule has 1 aliphatic rings. The molecule has 2 heterocycles. The molecule has 0 spiro atoms. The highest BCUT2D eigenvalue weighted by molar-refractivity contribution is 5.92. The monoisotopic (exact) mass is 553 g/mol. The topological polar surface area (TPSA) is 115 Å². The Kier molecular flexibility index (Phi) is 13.3. The predicted octanol–water partition coefficient (Wildman–Crippen LogP) is 4.80. The predicted molar refractivity (Wildman–Crippen MR) is 138 cm³/mol. The lowest BCUT2D eigenvalue weighted by atomic mass is 10.0. The van der Waals surface area contributed by atoms with Gasteiger partial charge in [-0.3, -0.25) is 19.4 Å². The highest BCUT2D eigenvalue weighted by Gasteiger charge is 2.40. The van der Waals surface area contributed by atoms with E-state index in [1.807, 2.05) is 6.07 Å². The van der Waals surface area contributed by atoms with Crippen molar-refractivity contribution in [3.8, 4) is 6.07 Å². The van der Waals surface area contributed by atoms with Gasteiger partial charge in [0.1, 0.15) is 17.9 Å². The van der Waals surface area contributed by atoms with E-state index in [2.05, 4.69) is 44.9 Å². The van der Waals surface area contributed by atoms with Gasteiger partial charge in [-0.25, -0.2) is 4.39 Å². The van der Waals surface area contributed by atoms with Crippen LogP contribution in [0.4, 0.5) is 17.6 Å². The average molecular weight is 554 g/mol. The maximum absolute atomic E-state index is 14.0. The summed E-state index contributed by atoms with van der Waals surface area (Å²) in [6.07, 6.45) is -0.633. The molecule has 1 aliphatic heterocycles. The first-order valence-corrected chi connectivity index (χ1v) is 12.6. The molecule has 1 saturated heterocycles. The first kappa shape index (κ1) is 33.3. The molecule has 0 bridgehead atoms. The maximum Gasteiger partial charge on any atom is 0.471 e. The van der Waals surface area contributed by atoms with Crippen LogP contribution in [0.3, 0.4) is 0 Å². The Bertz CT molecular complexity index is 1160. The second kappa shape index (κ2) is 15.6. The Labute approximate surface area is 225 Å². The number of fused-ring (bicyclic) bond motifs is 1. The Hall–Kier alpha value is -3.75. The number of amides is 3. The summed E-state index contributed by atoms with van der Waals surface area (Å²) in [6, 6.07) is 3.92. The fourth-order valence-electron chi connectivity index (χ4n) is 3.53. The van der Waals surface area contributed by atoms with Crippen LogP contribution in [-0.4, -0.2) is 52.9 Å². The molecule has 2 aromatic rings. The van der Waals surface area contributed by atoms with Crippen LogP contribution < -0.4 is 10.6 Å². The summed E-state index contributed by atoms with van der Waals surface area (Å²) in [6.45, 7) is 9.94. The largest absolute Gasteiger partial charge is 0.471 e. The van der Waals surface area contributed by atoms with Crippen LogP contribution in [0.5, 0.6) is 0 Å². The van der Waals surface area contributed by atoms with Gasteiger partial charge in [0.15, 0.2) is 0 Å². The van der Waals surface area contributed by atoms with E-state index in [9.17, 15) is 37.2 Å². The van der Waals surface area contributed by atoms with Gasteiger partial charge < -0.3 is 15.5 Å². The van der Waals surface area contributed by atoms with Crippen LogP contribution in [0.2, 0.25) is 0 Å². The number of aromatic nitrogens is 1. The zero-order valence-corrected chi connectivity index (χ0v) is 22.7. The number of carbonyl (C=O) groups is 3. The molecule has 1 fully saturated rings. The minimum Gasteiger partial charge on any atom is -0.339 e. The highest BCUT2D eigenvalue weighted by Crippen LogP contribution is 2.26. The van der Waals surface area contributed by atoms with Crippen LogP contribution >= 0.6 is 0 Å². The molecule has 2 atom stereocenters. The molecule has 3 rings (SSSR count). The fraction of sp³-hybridized carbons (Fsp3) is 0.519. The van der Waals surface area contributed by atoms with E-state index in [0.717, 1.165) is 10.8 Å². The molecular formula is C27H35F4N5O3. The maximum atomic E-state index is 14.0. The number of halogens is 4. The standard InChI is InChI=1S/C20H17F4N5O3.C4H10.C3H8/c21-14-4-1-3-11-12(14)8-26-9-13(11)15(7-25)28-18(31)16-5-2-6-29(16)17(30)10-27-19(32)20(22,23)24;1-4(2)3;1-3-2/h1,3-4,8-9,15-16H,2,5-6,10H2,(H,27,32)(H,28,31);4H,1-3H3;3H2,1-2H3. The lowest BCUT2D eigenvalue weighted by Crippen LogP contribution is -2.50. The van der Waals surface area contributed by atoms with Crippen molar-refractivity contribution in [3.05, 3.63) is 42.0 Å². The van der Waals surface area contributed by atoms with Gasteiger partial charge in [-0.05, 0) is 30.2 Å². The quantitative estimate of drug-likeness (QED) is 0.516. The number of pyridine rings is 1. The Balaban J connectivity index is 0.000000975. The number of nitrogens with zero attached hydrogens (tertiary/aromatic N) is 3. The number of alkyl halides is 3. The highest BCUT2D eigenvalue weighted by atomic mass is 19.4. The second-order valence-electron chi connectivity index (χ2n) is 9.50. The van der Waals surface area contributed by atoms with Crippen LogP contribution in [0, 0.1) is 23.1 Å². The molecule has 1 aromatic carbocycles. The smallest absolute Gasteiger partial charge is 0.339 e. The molecular weight excluding hydrogens is 518 g/mol. The van der Waals surface area contributed by atoms with Crippen LogP contribution in [0.25, 0.3) is 10.8 Å². The second-order valence-corrected chi connectivity index (χ2v) is 9.50. The molecule has 1 aromatic heterocycles. The van der Waals surface area contributed by atoms with E-state index < -0.39 is 48.3 Å². The summed E-state index contributed by atoms with van der Waals surface area (Å²) < 4.78 is 50.9. The molecule has 214 valence electrons. The van der Waals surface area contributed by atoms with Crippen LogP contribution in [0.15, 0.2) is 30.6 Å². The molecule has 0 saturated carbocycles. The van der Waals surface area contributed by atoms with Gasteiger partial charge in [0.2, 0.25) is 11.8 Å². The van der Waals surface area contributed by atoms with Gasteiger partial charge in [0, 0.05) is 29.9 Å². The summed E-state index contributed by atoms with van der Waals surface area (Å²) in [7, 11) is 0. The minimum absolute atomic E-state index is 0.108. The molecule has 0 aliphatic carbocycles. The average Bonchev–Trinajstić information content (AvgIpc) is 3.35. The summed E-state index contributed by atoms with van der Waals surface area (Å²) in [5.41, 5.74) is 0.256. The first-order valence-electron chi connectivity index (χ1n) is 12.6. The lowest BCUT2D eigenvalue weighted by Gasteiger charge is -2.25. The van der Waals surface area contributed by atoms with Gasteiger partial charge in [-0.1, -0.05) is 53.2 Å². The summed E-state index contributed by atoms with van der Waals surface area (Å²) >= 11 is 0. The van der Waals surface area contributed by atoms with E-state index in [0.29, 0.717) is 11.8 Å². The van der Waals surface area contributed by atoms with Gasteiger partial charge >= 0.3 is 12.1 Å².